The second-order valence-corrected chi connectivity index (χ2v) is 40.7. The summed E-state index contributed by atoms with van der Waals surface area (Å²) < 4.78 is 109. The van der Waals surface area contributed by atoms with Gasteiger partial charge in [0.05, 0.1) is 76.8 Å². The molecule has 4 saturated carbocycles. The lowest BCUT2D eigenvalue weighted by Gasteiger charge is -2.71. The number of esters is 3. The number of rotatable bonds is 29. The molecule has 0 aromatic rings. The van der Waals surface area contributed by atoms with E-state index in [0.717, 1.165) is 12.5 Å². The topological polar surface area (TPSA) is 692 Å². The predicted molar refractivity (Wildman–Crippen MR) is 441 cm³/mol. The number of fused-ring (bicyclic) bond motifs is 7. The van der Waals surface area contributed by atoms with E-state index in [2.05, 4.69) is 38.7 Å². The van der Waals surface area contributed by atoms with Gasteiger partial charge < -0.3 is 203 Å². The lowest BCUT2D eigenvalue weighted by molar-refractivity contribution is -0.381. The number of hydrogen-bond acceptors (Lipinski definition) is 44. The molecule has 0 radical (unpaired) electrons. The van der Waals surface area contributed by atoms with Crippen LogP contribution in [0.3, 0.4) is 0 Å². The standard InChI is InChI=1S/C88H139NO44/c1-13-83(9,114)20-14-15-35(2)71(112)116-31-45-65(129-76-61(107)57(103)63(122-37(4)94)43(27-91)124-76)62(108)67(132-75-59(105)54(100)44(30-119-75)125-79-70(111)87(115,33-92)34-121-79)78(127-45)133-80(113)88-24-23-85(11)38(39(88)25-81(5,6)68(109)69(88)110)16-17-48-84(10)21-19-49(82(7,8)47(84)18-22-86(48,85)12)128-72-50(89-36(3)93)55(101)64(46(126-72)32-120-73-60(106)56(102)53(99)42(26-90)123-73)130-77-66(52(98)41(96)29-118-77)131-74-58(104)51(97)40(95)28-117-74/h13,15-16,39-70,72-79,90-92,95-111,114-115H,1,14,17-34H2,2-12H3,(H,89,93). The van der Waals surface area contributed by atoms with Crippen molar-refractivity contribution in [2.75, 3.05) is 59.5 Å². The van der Waals surface area contributed by atoms with Crippen LogP contribution < -0.4 is 5.32 Å². The van der Waals surface area contributed by atoms with Crippen molar-refractivity contribution in [3.63, 3.8) is 0 Å². The Morgan fingerprint density at radius 1 is 0.534 bits per heavy atom. The quantitative estimate of drug-likeness (QED) is 0.0109. The predicted octanol–water partition coefficient (Wildman–Crippen LogP) is -7.31. The SMILES string of the molecule is C=CC(C)(O)CCC=C(C)C(=O)OCC1OC(OC(=O)C23CCC4(C)C(=CCC5C6(C)CCC(OC7OC(COC8OC(CO)C(O)C(O)C8O)C(OC8OCC(O)C(O)C8OC8OCC(O)C(O)C8O)C(O)C7NC(C)=O)C(C)(C)C6CCC54C)C2CC(C)(C)C(O)C3O)C(OC2OCC(OC3OCC(O)(CO)C3O)C(O)C2O)C(O)C1OC1OC(CO)C(OC(C)=O)C(O)C1O. The smallest absolute Gasteiger partial charge is 0.333 e. The van der Waals surface area contributed by atoms with Crippen LogP contribution in [0.5, 0.6) is 0 Å². The van der Waals surface area contributed by atoms with Crippen molar-refractivity contribution in [2.24, 2.45) is 50.2 Å². The summed E-state index contributed by atoms with van der Waals surface area (Å²) >= 11 is 0. The minimum Gasteiger partial charge on any atom is -0.459 e. The zero-order valence-corrected chi connectivity index (χ0v) is 76.3. The highest BCUT2D eigenvalue weighted by Crippen LogP contribution is 2.76. The van der Waals surface area contributed by atoms with Crippen molar-refractivity contribution < 1.29 is 217 Å². The van der Waals surface area contributed by atoms with Gasteiger partial charge in [0, 0.05) is 19.4 Å². The second-order valence-electron chi connectivity index (χ2n) is 40.7. The van der Waals surface area contributed by atoms with Gasteiger partial charge in [0.2, 0.25) is 12.2 Å². The summed E-state index contributed by atoms with van der Waals surface area (Å²) in [6.07, 6.45) is -58.8. The van der Waals surface area contributed by atoms with Gasteiger partial charge in [-0.2, -0.15) is 0 Å². The fraction of sp³-hybridized carbons (Fsp3) is 0.886. The summed E-state index contributed by atoms with van der Waals surface area (Å²) in [5.41, 5.74) is -8.87. The molecule has 46 unspecified atom stereocenters. The molecule has 8 saturated heterocycles. The molecule has 0 bridgehead atoms. The number of amides is 1. The third-order valence-corrected chi connectivity index (χ3v) is 31.4. The van der Waals surface area contributed by atoms with Gasteiger partial charge in [-0.25, -0.2) is 4.79 Å². The molecule has 1 amide bonds. The van der Waals surface area contributed by atoms with Crippen LogP contribution in [0.2, 0.25) is 0 Å². The van der Waals surface area contributed by atoms with E-state index < -0.39 is 360 Å². The highest BCUT2D eigenvalue weighted by atomic mass is 16.8. The number of allylic oxidation sites excluding steroid dienone is 3. The average molecular weight is 1920 g/mol. The van der Waals surface area contributed by atoms with E-state index in [1.807, 2.05) is 13.8 Å². The Bertz CT molecular complexity index is 4050. The third kappa shape index (κ3) is 20.2. The van der Waals surface area contributed by atoms with Crippen molar-refractivity contribution in [3.8, 4) is 0 Å². The van der Waals surface area contributed by atoms with Gasteiger partial charge in [-0.3, -0.25) is 14.4 Å². The fourth-order valence-corrected chi connectivity index (χ4v) is 23.1. The first-order valence-electron chi connectivity index (χ1n) is 45.6. The van der Waals surface area contributed by atoms with Crippen molar-refractivity contribution in [1.82, 2.24) is 5.32 Å². The maximum absolute atomic E-state index is 16.6. The van der Waals surface area contributed by atoms with Gasteiger partial charge in [-0.15, -0.1) is 6.58 Å². The summed E-state index contributed by atoms with van der Waals surface area (Å²) in [5.74, 6) is -5.15. The van der Waals surface area contributed by atoms with Crippen LogP contribution in [0.15, 0.2) is 36.0 Å². The van der Waals surface area contributed by atoms with Gasteiger partial charge in [0.1, 0.15) is 164 Å². The van der Waals surface area contributed by atoms with Gasteiger partial charge in [-0.05, 0) is 123 Å². The zero-order chi connectivity index (χ0) is 97.5. The molecule has 0 aromatic carbocycles. The lowest BCUT2D eigenvalue weighted by Crippen LogP contribution is -2.70. The Morgan fingerprint density at radius 2 is 1.11 bits per heavy atom. The van der Waals surface area contributed by atoms with E-state index >= 15 is 4.79 Å². The average Bonchev–Trinajstić information content (AvgIpc) is 0.877. The van der Waals surface area contributed by atoms with Gasteiger partial charge >= 0.3 is 17.9 Å². The van der Waals surface area contributed by atoms with E-state index in [0.29, 0.717) is 32.1 Å². The number of ether oxygens (including phenoxy) is 18. The molecule has 133 heavy (non-hydrogen) atoms. The highest BCUT2D eigenvalue weighted by molar-refractivity contribution is 5.87. The number of hydrogen-bond donors (Lipinski definition) is 23. The third-order valence-electron chi connectivity index (χ3n) is 31.4. The molecule has 13 aliphatic rings. The van der Waals surface area contributed by atoms with E-state index in [1.54, 1.807) is 13.8 Å². The Morgan fingerprint density at radius 3 is 1.75 bits per heavy atom. The highest BCUT2D eigenvalue weighted by Gasteiger charge is 2.74. The minimum absolute atomic E-state index is 0.0000657. The Kier molecular flexibility index (Phi) is 32.9. The molecule has 760 valence electrons. The monoisotopic (exact) mass is 1910 g/mol. The molecule has 45 heteroatoms. The first-order chi connectivity index (χ1) is 62.3. The van der Waals surface area contributed by atoms with Crippen LogP contribution in [-0.2, 0) is 104 Å². The van der Waals surface area contributed by atoms with Gasteiger partial charge in [0.25, 0.3) is 0 Å². The molecule has 5 aliphatic carbocycles. The molecule has 45 nitrogen and oxygen atoms in total. The lowest BCUT2D eigenvalue weighted by atomic mass is 9.33. The van der Waals surface area contributed by atoms with E-state index in [1.165, 1.54) is 32.9 Å². The Balaban J connectivity index is 0.799. The van der Waals surface area contributed by atoms with Crippen LogP contribution in [-0.4, -0.2) is 434 Å². The molecule has 23 N–H and O–H groups in total. The van der Waals surface area contributed by atoms with Crippen molar-refractivity contribution in [3.05, 3.63) is 36.0 Å². The van der Waals surface area contributed by atoms with Gasteiger partial charge in [0.15, 0.2) is 56.2 Å². The van der Waals surface area contributed by atoms with E-state index in [9.17, 15) is 127 Å². The van der Waals surface area contributed by atoms with Crippen LogP contribution in [0.4, 0.5) is 0 Å². The maximum Gasteiger partial charge on any atom is 0.333 e. The fourth-order valence-electron chi connectivity index (χ4n) is 23.1. The van der Waals surface area contributed by atoms with Crippen molar-refractivity contribution in [2.45, 2.75) is 379 Å². The van der Waals surface area contributed by atoms with Crippen molar-refractivity contribution in [1.29, 1.82) is 0 Å². The number of carbonyl (C=O) groups is 4. The normalized spacial score (nSPS) is 49.2. The molecule has 13 rings (SSSR count). The van der Waals surface area contributed by atoms with E-state index in [4.69, 9.17) is 85.3 Å². The summed E-state index contributed by atoms with van der Waals surface area (Å²) in [7, 11) is 0. The summed E-state index contributed by atoms with van der Waals surface area (Å²) in [6, 6.07) is -1.52. The summed E-state index contributed by atoms with van der Waals surface area (Å²) in [4.78, 5) is 56.4. The zero-order valence-electron chi connectivity index (χ0n) is 76.3. The van der Waals surface area contributed by atoms with Crippen molar-refractivity contribution >= 4 is 23.8 Å². The minimum atomic E-state index is -2.34. The summed E-state index contributed by atoms with van der Waals surface area (Å²) in [6.45, 7) is 15.9. The number of aliphatic hydroxyl groups is 22. The summed E-state index contributed by atoms with van der Waals surface area (Å²) in [5, 5.41) is 251. The molecular formula is C88H139NO44. The first-order valence-corrected chi connectivity index (χ1v) is 45.6. The molecule has 12 fully saturated rings. The van der Waals surface area contributed by atoms with Crippen LogP contribution in [0, 0.1) is 50.2 Å². The molecule has 8 heterocycles. The molecule has 0 aromatic heterocycles. The van der Waals surface area contributed by atoms with Crippen LogP contribution >= 0.6 is 0 Å². The molecule has 0 spiro atoms. The molecular weight excluding hydrogens is 1770 g/mol. The molecule has 8 aliphatic heterocycles. The maximum atomic E-state index is 16.6. The first kappa shape index (κ1) is 106. The van der Waals surface area contributed by atoms with Crippen LogP contribution in [0.1, 0.15) is 140 Å². The largest absolute Gasteiger partial charge is 0.459 e. The van der Waals surface area contributed by atoms with Crippen LogP contribution in [0.25, 0.3) is 0 Å². The molecule has 46 atom stereocenters. The number of carbonyl (C=O) groups excluding carboxylic acids is 4. The van der Waals surface area contributed by atoms with E-state index in [-0.39, 0.29) is 49.5 Å². The number of nitrogens with one attached hydrogen (secondary N) is 1. The Labute approximate surface area is 767 Å². The van der Waals surface area contributed by atoms with Gasteiger partial charge in [-0.1, -0.05) is 72.3 Å². The number of aliphatic hydroxyl groups excluding tert-OH is 20. The Hall–Kier alpha value is -4.38. The second kappa shape index (κ2) is 41.3.